The van der Waals surface area contributed by atoms with Crippen molar-refractivity contribution in [3.8, 4) is 11.5 Å². The van der Waals surface area contributed by atoms with Gasteiger partial charge in [0.25, 0.3) is 10.1 Å². The summed E-state index contributed by atoms with van der Waals surface area (Å²) in [7, 11) is -7.67. The van der Waals surface area contributed by atoms with E-state index >= 15 is 0 Å². The van der Waals surface area contributed by atoms with Gasteiger partial charge in [-0.1, -0.05) is 34.9 Å². The molecule has 0 fully saturated rings. The van der Waals surface area contributed by atoms with Crippen LogP contribution in [0.5, 0.6) is 11.5 Å². The predicted octanol–water partition coefficient (Wildman–Crippen LogP) is 3.68. The summed E-state index contributed by atoms with van der Waals surface area (Å²) in [5.41, 5.74) is -0.819. The summed E-state index contributed by atoms with van der Waals surface area (Å²) >= 11 is 0. The van der Waals surface area contributed by atoms with Crippen molar-refractivity contribution < 1.29 is 31.7 Å². The molecule has 0 heterocycles. The first-order valence-electron chi connectivity index (χ1n) is 7.45. The van der Waals surface area contributed by atoms with Crippen LogP contribution >= 0.6 is 8.25 Å². The Morgan fingerprint density at radius 1 is 1.04 bits per heavy atom. The Hall–Kier alpha value is -1.83. The Morgan fingerprint density at radius 2 is 1.72 bits per heavy atom. The van der Waals surface area contributed by atoms with Gasteiger partial charge in [-0.3, -0.25) is 4.55 Å². The van der Waals surface area contributed by atoms with Crippen molar-refractivity contribution in [2.24, 2.45) is 0 Å². The van der Waals surface area contributed by atoms with E-state index in [1.54, 1.807) is 6.07 Å². The number of para-hydroxylation sites is 1. The molecule has 0 saturated heterocycles. The summed E-state index contributed by atoms with van der Waals surface area (Å²) in [5.74, 6) is 1.34. The van der Waals surface area contributed by atoms with Crippen LogP contribution in [0.2, 0.25) is 0 Å². The highest BCUT2D eigenvalue weighted by Gasteiger charge is 2.33. The van der Waals surface area contributed by atoms with E-state index < -0.39 is 23.8 Å². The molecule has 0 aliphatic carbocycles. The van der Waals surface area contributed by atoms with Crippen molar-refractivity contribution in [2.45, 2.75) is 24.7 Å². The van der Waals surface area contributed by atoms with Gasteiger partial charge in [0.2, 0.25) is 5.44 Å². The van der Waals surface area contributed by atoms with E-state index in [0.717, 1.165) is 5.56 Å². The summed E-state index contributed by atoms with van der Waals surface area (Å²) in [4.78, 5) is 8.67. The van der Waals surface area contributed by atoms with Gasteiger partial charge in [-0.25, -0.2) is 0 Å². The van der Waals surface area contributed by atoms with E-state index in [1.165, 1.54) is 0 Å². The summed E-state index contributed by atoms with van der Waals surface area (Å²) in [6, 6.07) is 16.6. The molecule has 134 valence electrons. The Balaban J connectivity index is 1.94. The van der Waals surface area contributed by atoms with Crippen LogP contribution in [0.1, 0.15) is 18.4 Å². The molecule has 2 N–H and O–H groups in total. The number of benzene rings is 2. The SMILES string of the molecule is O=[P+](O)OC(CCCc1cccc(Oc2ccccc2)c1)S(=O)(=O)O. The molecule has 0 aliphatic rings. The van der Waals surface area contributed by atoms with Crippen LogP contribution in [0.15, 0.2) is 54.6 Å². The van der Waals surface area contributed by atoms with Crippen LogP contribution in [-0.4, -0.2) is 23.3 Å². The molecule has 0 amide bonds. The molecule has 25 heavy (non-hydrogen) atoms. The van der Waals surface area contributed by atoms with E-state index in [9.17, 15) is 13.0 Å². The molecule has 0 bridgehead atoms. The second kappa shape index (κ2) is 9.03. The molecular weight excluding hydrogens is 367 g/mol. The fourth-order valence-electron chi connectivity index (χ4n) is 2.22. The van der Waals surface area contributed by atoms with Crippen LogP contribution in [-0.2, 0) is 25.6 Å². The molecule has 2 unspecified atom stereocenters. The Morgan fingerprint density at radius 3 is 2.36 bits per heavy atom. The van der Waals surface area contributed by atoms with E-state index in [-0.39, 0.29) is 6.42 Å². The highest BCUT2D eigenvalue weighted by molar-refractivity contribution is 7.86. The molecule has 0 aromatic heterocycles. The van der Waals surface area contributed by atoms with Gasteiger partial charge in [0.1, 0.15) is 11.5 Å². The van der Waals surface area contributed by atoms with Crippen LogP contribution in [0.4, 0.5) is 0 Å². The average Bonchev–Trinajstić information content (AvgIpc) is 2.54. The van der Waals surface area contributed by atoms with Gasteiger partial charge in [-0.05, 0) is 49.1 Å². The van der Waals surface area contributed by atoms with Gasteiger partial charge in [0.05, 0.1) is 0 Å². The average molecular weight is 385 g/mol. The van der Waals surface area contributed by atoms with Gasteiger partial charge in [-0.2, -0.15) is 8.42 Å². The monoisotopic (exact) mass is 385 g/mol. The first-order valence-corrected chi connectivity index (χ1v) is 10.1. The molecule has 2 aromatic rings. The number of hydrogen-bond donors (Lipinski definition) is 2. The van der Waals surface area contributed by atoms with Crippen molar-refractivity contribution in [2.75, 3.05) is 0 Å². The maximum Gasteiger partial charge on any atom is 0.696 e. The van der Waals surface area contributed by atoms with Crippen molar-refractivity contribution in [3.63, 3.8) is 0 Å². The zero-order valence-electron chi connectivity index (χ0n) is 13.2. The lowest BCUT2D eigenvalue weighted by Gasteiger charge is -2.09. The number of aryl methyl sites for hydroxylation is 1. The van der Waals surface area contributed by atoms with Crippen molar-refractivity contribution in [3.05, 3.63) is 60.2 Å². The normalized spacial score (nSPS) is 13.3. The Labute approximate surface area is 146 Å². The minimum Gasteiger partial charge on any atom is -0.457 e. The maximum atomic E-state index is 11.1. The number of rotatable bonds is 9. The molecule has 2 aromatic carbocycles. The Bertz CT molecular complexity index is 808. The molecular formula is C16H18O7PS+. The highest BCUT2D eigenvalue weighted by atomic mass is 32.2. The quantitative estimate of drug-likeness (QED) is 0.500. The van der Waals surface area contributed by atoms with Crippen molar-refractivity contribution in [1.82, 2.24) is 0 Å². The lowest BCUT2D eigenvalue weighted by atomic mass is 10.1. The first-order chi connectivity index (χ1) is 11.8. The molecule has 2 atom stereocenters. The second-order valence-electron chi connectivity index (χ2n) is 5.24. The zero-order chi connectivity index (χ0) is 18.3. The van der Waals surface area contributed by atoms with Gasteiger partial charge in [0.15, 0.2) is 0 Å². The van der Waals surface area contributed by atoms with Crippen LogP contribution in [0.3, 0.4) is 0 Å². The molecule has 2 rings (SSSR count). The smallest absolute Gasteiger partial charge is 0.457 e. The maximum absolute atomic E-state index is 11.1. The fourth-order valence-corrected chi connectivity index (χ4v) is 3.65. The first kappa shape index (κ1) is 19.5. The van der Waals surface area contributed by atoms with Crippen LogP contribution < -0.4 is 4.74 Å². The van der Waals surface area contributed by atoms with E-state index in [1.807, 2.05) is 48.5 Å². The summed E-state index contributed by atoms with van der Waals surface area (Å²) in [6.45, 7) is 0. The number of ether oxygens (including phenoxy) is 1. The minimum atomic E-state index is -4.55. The van der Waals surface area contributed by atoms with Crippen LogP contribution in [0.25, 0.3) is 0 Å². The molecule has 9 heteroatoms. The molecule has 0 radical (unpaired) electrons. The third kappa shape index (κ3) is 6.89. The van der Waals surface area contributed by atoms with Gasteiger partial charge in [-0.15, -0.1) is 4.89 Å². The minimum absolute atomic E-state index is 0.107. The van der Waals surface area contributed by atoms with E-state index in [4.69, 9.17) is 14.2 Å². The summed E-state index contributed by atoms with van der Waals surface area (Å²) in [5, 5.41) is 0. The largest absolute Gasteiger partial charge is 0.696 e. The third-order valence-corrected chi connectivity index (χ3v) is 4.90. The van der Waals surface area contributed by atoms with E-state index in [0.29, 0.717) is 24.3 Å². The molecule has 0 saturated carbocycles. The van der Waals surface area contributed by atoms with Gasteiger partial charge < -0.3 is 4.74 Å². The van der Waals surface area contributed by atoms with Crippen LogP contribution in [0, 0.1) is 0 Å². The molecule has 0 aliphatic heterocycles. The second-order valence-corrected chi connectivity index (χ2v) is 7.48. The van der Waals surface area contributed by atoms with E-state index in [2.05, 4.69) is 4.52 Å². The molecule has 7 nitrogen and oxygen atoms in total. The topological polar surface area (TPSA) is 110 Å². The number of hydrogen-bond acceptors (Lipinski definition) is 5. The van der Waals surface area contributed by atoms with Crippen molar-refractivity contribution >= 4 is 18.4 Å². The van der Waals surface area contributed by atoms with Gasteiger partial charge >= 0.3 is 8.25 Å². The summed E-state index contributed by atoms with van der Waals surface area (Å²) < 4.78 is 52.0. The molecule has 0 spiro atoms. The summed E-state index contributed by atoms with van der Waals surface area (Å²) in [6.07, 6.45) is 0.718. The highest BCUT2D eigenvalue weighted by Crippen LogP contribution is 2.26. The fraction of sp³-hybridized carbons (Fsp3) is 0.250. The zero-order valence-corrected chi connectivity index (χ0v) is 14.9. The van der Waals surface area contributed by atoms with Gasteiger partial charge in [0, 0.05) is 4.57 Å². The van der Waals surface area contributed by atoms with Crippen molar-refractivity contribution in [1.29, 1.82) is 0 Å². The standard InChI is InChI=1S/C16H17O7PS/c17-24(18)23-16(25(19,20)21)11-5-7-13-6-4-10-15(12-13)22-14-8-2-1-3-9-14/h1-4,6,8-10,12,16H,5,7,11H2,(H-,17,18,19,20,21)/p+1. The Kier molecular flexibility index (Phi) is 7.04. The predicted molar refractivity (Wildman–Crippen MR) is 92.1 cm³/mol. The lowest BCUT2D eigenvalue weighted by molar-refractivity contribution is 0.225. The third-order valence-electron chi connectivity index (χ3n) is 3.32. The lowest BCUT2D eigenvalue weighted by Crippen LogP contribution is -2.21.